The summed E-state index contributed by atoms with van der Waals surface area (Å²) in [5.74, 6) is 3.56. The smallest absolute Gasteiger partial charge is 0.356 e. The van der Waals surface area contributed by atoms with Crippen molar-refractivity contribution in [1.82, 2.24) is 10.2 Å². The van der Waals surface area contributed by atoms with Gasteiger partial charge in [0.2, 0.25) is 0 Å². The van der Waals surface area contributed by atoms with Crippen LogP contribution >= 0.6 is 11.8 Å². The van der Waals surface area contributed by atoms with E-state index in [4.69, 9.17) is 11.5 Å². The van der Waals surface area contributed by atoms with Gasteiger partial charge < -0.3 is 10.4 Å². The van der Waals surface area contributed by atoms with Crippen LogP contribution in [0.1, 0.15) is 10.5 Å². The fourth-order valence-corrected chi connectivity index (χ4v) is 1.43. The van der Waals surface area contributed by atoms with E-state index in [1.807, 2.05) is 0 Å². The Morgan fingerprint density at radius 1 is 1.56 bits per heavy atom. The molecule has 0 aliphatic rings. The van der Waals surface area contributed by atoms with Gasteiger partial charge in [-0.3, -0.25) is 0 Å². The quantitative estimate of drug-likeness (QED) is 0.567. The molecule has 5 nitrogen and oxygen atoms in total. The van der Waals surface area contributed by atoms with Gasteiger partial charge in [0.1, 0.15) is 5.82 Å². The molecule has 0 atom stereocenters. The van der Waals surface area contributed by atoms with Crippen LogP contribution in [0.15, 0.2) is 12.1 Å². The molecule has 0 bridgehead atoms. The molecule has 0 unspecified atom stereocenters. The lowest BCUT2D eigenvalue weighted by Gasteiger charge is -2.03. The van der Waals surface area contributed by atoms with Crippen molar-refractivity contribution in [3.05, 3.63) is 17.8 Å². The lowest BCUT2D eigenvalue weighted by atomic mass is 10.4. The summed E-state index contributed by atoms with van der Waals surface area (Å²) in [4.78, 5) is 10.5. The topological polar surface area (TPSA) is 75.1 Å². The molecular formula is C10H11N3O2S. The number of anilines is 1. The van der Waals surface area contributed by atoms with Crippen molar-refractivity contribution >= 4 is 23.5 Å². The average molecular weight is 237 g/mol. The summed E-state index contributed by atoms with van der Waals surface area (Å²) in [6.45, 7) is 0.716. The number of carboxylic acids is 1. The molecular weight excluding hydrogens is 226 g/mol. The Morgan fingerprint density at radius 3 is 2.94 bits per heavy atom. The van der Waals surface area contributed by atoms with Crippen molar-refractivity contribution in [2.75, 3.05) is 23.4 Å². The molecule has 0 aliphatic carbocycles. The van der Waals surface area contributed by atoms with E-state index in [1.165, 1.54) is 6.07 Å². The summed E-state index contributed by atoms with van der Waals surface area (Å²) in [5, 5.41) is 18.9. The minimum Gasteiger partial charge on any atom is -0.476 e. The second-order valence-corrected chi connectivity index (χ2v) is 3.90. The van der Waals surface area contributed by atoms with Crippen molar-refractivity contribution in [2.45, 2.75) is 0 Å². The van der Waals surface area contributed by atoms with Gasteiger partial charge in [-0.2, -0.15) is 0 Å². The molecule has 2 N–H and O–H groups in total. The summed E-state index contributed by atoms with van der Waals surface area (Å²) < 4.78 is 0. The Morgan fingerprint density at radius 2 is 2.38 bits per heavy atom. The van der Waals surface area contributed by atoms with E-state index in [2.05, 4.69) is 21.4 Å². The van der Waals surface area contributed by atoms with Crippen LogP contribution < -0.4 is 5.32 Å². The van der Waals surface area contributed by atoms with Crippen LogP contribution in [0, 0.1) is 12.3 Å². The molecule has 1 rings (SSSR count). The number of carbonyl (C=O) groups is 1. The van der Waals surface area contributed by atoms with Crippen LogP contribution in [0.2, 0.25) is 0 Å². The second kappa shape index (κ2) is 6.69. The summed E-state index contributed by atoms with van der Waals surface area (Å²) in [6, 6.07) is 2.99. The van der Waals surface area contributed by atoms with E-state index in [1.54, 1.807) is 17.8 Å². The van der Waals surface area contributed by atoms with Crippen molar-refractivity contribution in [3.63, 3.8) is 0 Å². The molecule has 0 spiro atoms. The molecule has 1 aromatic heterocycles. The van der Waals surface area contributed by atoms with Gasteiger partial charge in [0.05, 0.1) is 5.75 Å². The third-order valence-electron chi connectivity index (χ3n) is 1.62. The molecule has 0 amide bonds. The zero-order chi connectivity index (χ0) is 11.8. The molecule has 84 valence electrons. The molecule has 1 aromatic rings. The van der Waals surface area contributed by atoms with Gasteiger partial charge in [0, 0.05) is 12.3 Å². The van der Waals surface area contributed by atoms with Crippen LogP contribution in [0.25, 0.3) is 0 Å². The third kappa shape index (κ3) is 4.19. The summed E-state index contributed by atoms with van der Waals surface area (Å²) in [6.07, 6.45) is 5.10. The normalized spacial score (nSPS) is 9.44. The predicted octanol–water partition coefficient (Wildman–Crippen LogP) is 0.953. The second-order valence-electron chi connectivity index (χ2n) is 2.79. The maximum absolute atomic E-state index is 10.5. The highest BCUT2D eigenvalue weighted by atomic mass is 32.2. The van der Waals surface area contributed by atoms with Crippen LogP contribution in [-0.4, -0.2) is 39.3 Å². The van der Waals surface area contributed by atoms with E-state index in [-0.39, 0.29) is 5.69 Å². The number of hydrogen-bond donors (Lipinski definition) is 2. The zero-order valence-electron chi connectivity index (χ0n) is 8.51. The lowest BCUT2D eigenvalue weighted by molar-refractivity contribution is 0.0689. The Hall–Kier alpha value is -1.74. The van der Waals surface area contributed by atoms with Crippen molar-refractivity contribution in [2.24, 2.45) is 0 Å². The van der Waals surface area contributed by atoms with Crippen LogP contribution in [0.4, 0.5) is 5.82 Å². The molecule has 0 aliphatic heterocycles. The SMILES string of the molecule is C#CCSCCNc1ccc(C(=O)O)nn1. The fraction of sp³-hybridized carbons (Fsp3) is 0.300. The Kier molecular flexibility index (Phi) is 5.16. The number of aromatic nitrogens is 2. The number of nitrogens with zero attached hydrogens (tertiary/aromatic N) is 2. The van der Waals surface area contributed by atoms with E-state index < -0.39 is 5.97 Å². The van der Waals surface area contributed by atoms with Crippen molar-refractivity contribution < 1.29 is 9.90 Å². The maximum atomic E-state index is 10.5. The molecule has 6 heteroatoms. The summed E-state index contributed by atoms with van der Waals surface area (Å²) in [5.41, 5.74) is -0.0627. The number of aromatic carboxylic acids is 1. The molecule has 0 radical (unpaired) electrons. The molecule has 1 heterocycles. The van der Waals surface area contributed by atoms with Crippen molar-refractivity contribution in [3.8, 4) is 12.3 Å². The van der Waals surface area contributed by atoms with E-state index >= 15 is 0 Å². The lowest BCUT2D eigenvalue weighted by Crippen LogP contribution is -2.08. The Balaban J connectivity index is 2.33. The number of terminal acetylenes is 1. The minimum atomic E-state index is -1.08. The van der Waals surface area contributed by atoms with Gasteiger partial charge >= 0.3 is 5.97 Å². The van der Waals surface area contributed by atoms with E-state index in [0.29, 0.717) is 18.1 Å². The molecule has 0 saturated carbocycles. The highest BCUT2D eigenvalue weighted by molar-refractivity contribution is 7.99. The first-order chi connectivity index (χ1) is 7.74. The number of nitrogens with one attached hydrogen (secondary N) is 1. The van der Waals surface area contributed by atoms with Gasteiger partial charge in [-0.15, -0.1) is 28.4 Å². The van der Waals surface area contributed by atoms with Gasteiger partial charge in [0.25, 0.3) is 0 Å². The minimum absolute atomic E-state index is 0.0627. The summed E-state index contributed by atoms with van der Waals surface area (Å²) in [7, 11) is 0. The first-order valence-electron chi connectivity index (χ1n) is 4.56. The first kappa shape index (κ1) is 12.3. The fourth-order valence-electron chi connectivity index (χ4n) is 0.923. The third-order valence-corrected chi connectivity index (χ3v) is 2.49. The average Bonchev–Trinajstić information content (AvgIpc) is 2.29. The van der Waals surface area contributed by atoms with Crippen LogP contribution in [0.5, 0.6) is 0 Å². The molecule has 0 saturated heterocycles. The van der Waals surface area contributed by atoms with Crippen LogP contribution in [-0.2, 0) is 0 Å². The predicted molar refractivity (Wildman–Crippen MR) is 63.6 cm³/mol. The molecule has 16 heavy (non-hydrogen) atoms. The van der Waals surface area contributed by atoms with E-state index in [9.17, 15) is 4.79 Å². The van der Waals surface area contributed by atoms with Gasteiger partial charge in [-0.1, -0.05) is 5.92 Å². The standard InChI is InChI=1S/C10H11N3O2S/c1-2-6-16-7-5-11-9-4-3-8(10(14)15)12-13-9/h1,3-4H,5-7H2,(H,11,13)(H,14,15). The van der Waals surface area contributed by atoms with Crippen LogP contribution in [0.3, 0.4) is 0 Å². The zero-order valence-corrected chi connectivity index (χ0v) is 9.33. The Bertz CT molecular complexity index is 386. The Labute approximate surface area is 97.7 Å². The van der Waals surface area contributed by atoms with E-state index in [0.717, 1.165) is 5.75 Å². The highest BCUT2D eigenvalue weighted by Crippen LogP contribution is 2.03. The number of rotatable bonds is 6. The van der Waals surface area contributed by atoms with Gasteiger partial charge in [-0.05, 0) is 12.1 Å². The largest absolute Gasteiger partial charge is 0.476 e. The molecule has 0 fully saturated rings. The number of hydrogen-bond acceptors (Lipinski definition) is 5. The van der Waals surface area contributed by atoms with Gasteiger partial charge in [0.15, 0.2) is 5.69 Å². The monoisotopic (exact) mass is 237 g/mol. The summed E-state index contributed by atoms with van der Waals surface area (Å²) >= 11 is 1.64. The van der Waals surface area contributed by atoms with Crippen molar-refractivity contribution in [1.29, 1.82) is 0 Å². The molecule has 0 aromatic carbocycles. The first-order valence-corrected chi connectivity index (χ1v) is 5.71. The maximum Gasteiger partial charge on any atom is 0.356 e. The number of carboxylic acid groups (broad SMARTS) is 1. The van der Waals surface area contributed by atoms with Gasteiger partial charge in [-0.25, -0.2) is 4.79 Å². The highest BCUT2D eigenvalue weighted by Gasteiger charge is 2.04. The number of thioether (sulfide) groups is 1.